The van der Waals surface area contributed by atoms with Crippen LogP contribution in [0.25, 0.3) is 16.7 Å². The van der Waals surface area contributed by atoms with Crippen molar-refractivity contribution in [2.45, 2.75) is 39.0 Å². The molecule has 0 aliphatic heterocycles. The molecule has 0 aliphatic rings. The predicted molar refractivity (Wildman–Crippen MR) is 148 cm³/mol. The molecule has 0 saturated carbocycles. The van der Waals surface area contributed by atoms with Gasteiger partial charge in [-0.15, -0.1) is 0 Å². The first-order valence-electron chi connectivity index (χ1n) is 12.9. The summed E-state index contributed by atoms with van der Waals surface area (Å²) in [4.78, 5) is 42.3. The van der Waals surface area contributed by atoms with Crippen molar-refractivity contribution in [1.29, 1.82) is 0 Å². The number of hydrogen-bond acceptors (Lipinski definition) is 5. The standard InChI is InChI=1S/C31H26F3N5O2/c1-20-7-13-25(14-8-20)39-29(37-28-26(30(39)41)6-4-16-36-28)21(2)38(19-23-5-3-15-35-18-23)27(40)17-22-9-11-24(12-10-22)31(32,33)34/h3-16,18,21H,17,19H2,1-2H3/t21-/m1/s1. The molecule has 3 aromatic heterocycles. The third-order valence-electron chi connectivity index (χ3n) is 6.84. The largest absolute Gasteiger partial charge is 0.416 e. The molecule has 208 valence electrons. The van der Waals surface area contributed by atoms with Crippen LogP contribution in [0.1, 0.15) is 41.0 Å². The molecule has 1 atom stereocenters. The summed E-state index contributed by atoms with van der Waals surface area (Å²) in [5.74, 6) is -0.0540. The van der Waals surface area contributed by atoms with Crippen LogP contribution in [0.3, 0.4) is 0 Å². The third kappa shape index (κ3) is 6.01. The molecule has 5 aromatic rings. The summed E-state index contributed by atoms with van der Waals surface area (Å²) in [5, 5.41) is 0.332. The Morgan fingerprint density at radius 3 is 2.32 bits per heavy atom. The van der Waals surface area contributed by atoms with E-state index in [2.05, 4.69) is 9.97 Å². The maximum atomic E-state index is 13.8. The molecule has 10 heteroatoms. The van der Waals surface area contributed by atoms with Crippen LogP contribution in [0, 0.1) is 6.92 Å². The first kappa shape index (κ1) is 27.7. The number of carbonyl (C=O) groups excluding carboxylic acids is 1. The van der Waals surface area contributed by atoms with Crippen molar-refractivity contribution in [1.82, 2.24) is 24.4 Å². The van der Waals surface area contributed by atoms with Crippen LogP contribution in [0.15, 0.2) is 96.2 Å². The lowest BCUT2D eigenvalue weighted by Gasteiger charge is -2.31. The number of rotatable bonds is 7. The van der Waals surface area contributed by atoms with Gasteiger partial charge in [-0.05, 0) is 67.4 Å². The lowest BCUT2D eigenvalue weighted by molar-refractivity contribution is -0.137. The number of aromatic nitrogens is 4. The second-order valence-electron chi connectivity index (χ2n) is 9.75. The number of benzene rings is 2. The van der Waals surface area contributed by atoms with E-state index in [1.807, 2.05) is 37.3 Å². The van der Waals surface area contributed by atoms with Crippen molar-refractivity contribution in [3.05, 3.63) is 130 Å². The number of nitrogens with zero attached hydrogens (tertiary/aromatic N) is 5. The van der Waals surface area contributed by atoms with E-state index in [4.69, 9.17) is 4.98 Å². The molecule has 0 fully saturated rings. The van der Waals surface area contributed by atoms with Crippen LogP contribution in [0.5, 0.6) is 0 Å². The zero-order valence-corrected chi connectivity index (χ0v) is 22.3. The molecule has 0 unspecified atom stereocenters. The Labute approximate surface area is 234 Å². The summed E-state index contributed by atoms with van der Waals surface area (Å²) in [6.07, 6.45) is 0.172. The monoisotopic (exact) mass is 557 g/mol. The second-order valence-corrected chi connectivity index (χ2v) is 9.75. The lowest BCUT2D eigenvalue weighted by atomic mass is 10.1. The molecule has 1 amide bonds. The van der Waals surface area contributed by atoms with Crippen LogP contribution in [-0.2, 0) is 23.9 Å². The number of carbonyl (C=O) groups is 1. The minimum atomic E-state index is -4.47. The van der Waals surface area contributed by atoms with E-state index in [-0.39, 0.29) is 30.1 Å². The number of amides is 1. The third-order valence-corrected chi connectivity index (χ3v) is 6.84. The zero-order valence-electron chi connectivity index (χ0n) is 22.3. The zero-order chi connectivity index (χ0) is 29.1. The van der Waals surface area contributed by atoms with Crippen LogP contribution in [-0.4, -0.2) is 30.3 Å². The Morgan fingerprint density at radius 1 is 0.951 bits per heavy atom. The van der Waals surface area contributed by atoms with Crippen molar-refractivity contribution >= 4 is 16.9 Å². The van der Waals surface area contributed by atoms with Gasteiger partial charge in [0.1, 0.15) is 5.82 Å². The summed E-state index contributed by atoms with van der Waals surface area (Å²) < 4.78 is 40.7. The van der Waals surface area contributed by atoms with E-state index in [1.165, 1.54) is 16.7 Å². The van der Waals surface area contributed by atoms with Gasteiger partial charge < -0.3 is 4.90 Å². The van der Waals surface area contributed by atoms with Gasteiger partial charge >= 0.3 is 6.18 Å². The SMILES string of the molecule is Cc1ccc(-n2c([C@@H](C)N(Cc3cccnc3)C(=O)Cc3ccc(C(F)(F)F)cc3)nc3ncccc3c2=O)cc1. The molecular weight excluding hydrogens is 531 g/mol. The van der Waals surface area contributed by atoms with Gasteiger partial charge in [-0.25, -0.2) is 9.97 Å². The Morgan fingerprint density at radius 2 is 1.66 bits per heavy atom. The van der Waals surface area contributed by atoms with E-state index < -0.39 is 17.8 Å². The van der Waals surface area contributed by atoms with Gasteiger partial charge in [0.05, 0.1) is 29.1 Å². The van der Waals surface area contributed by atoms with Crippen molar-refractivity contribution < 1.29 is 18.0 Å². The van der Waals surface area contributed by atoms with Crippen LogP contribution < -0.4 is 5.56 Å². The first-order valence-corrected chi connectivity index (χ1v) is 12.9. The van der Waals surface area contributed by atoms with E-state index >= 15 is 0 Å². The van der Waals surface area contributed by atoms with E-state index in [0.717, 1.165) is 23.3 Å². The molecule has 0 bridgehead atoms. The maximum Gasteiger partial charge on any atom is 0.416 e. The number of alkyl halides is 3. The van der Waals surface area contributed by atoms with Crippen LogP contribution in [0.4, 0.5) is 13.2 Å². The summed E-state index contributed by atoms with van der Waals surface area (Å²) in [6, 6.07) is 18.1. The highest BCUT2D eigenvalue weighted by Crippen LogP contribution is 2.30. The minimum absolute atomic E-state index is 0.137. The van der Waals surface area contributed by atoms with Crippen molar-refractivity contribution in [3.8, 4) is 5.69 Å². The molecular formula is C31H26F3N5O2. The number of fused-ring (bicyclic) bond motifs is 1. The van der Waals surface area contributed by atoms with Gasteiger partial charge in [0.15, 0.2) is 5.65 Å². The highest BCUT2D eigenvalue weighted by Gasteiger charge is 2.31. The quantitative estimate of drug-likeness (QED) is 0.251. The van der Waals surface area contributed by atoms with Crippen LogP contribution in [0.2, 0.25) is 0 Å². The van der Waals surface area contributed by atoms with Gasteiger partial charge in [0.25, 0.3) is 5.56 Å². The summed E-state index contributed by atoms with van der Waals surface area (Å²) >= 11 is 0. The minimum Gasteiger partial charge on any atom is -0.328 e. The fraction of sp³-hybridized carbons (Fsp3) is 0.194. The lowest BCUT2D eigenvalue weighted by Crippen LogP contribution is -2.38. The molecule has 41 heavy (non-hydrogen) atoms. The van der Waals surface area contributed by atoms with Crippen molar-refractivity contribution in [2.24, 2.45) is 0 Å². The number of halogens is 3. The summed E-state index contributed by atoms with van der Waals surface area (Å²) in [6.45, 7) is 3.84. The van der Waals surface area contributed by atoms with Gasteiger partial charge in [-0.3, -0.25) is 19.1 Å². The molecule has 0 radical (unpaired) electrons. The summed E-state index contributed by atoms with van der Waals surface area (Å²) in [7, 11) is 0. The number of pyridine rings is 2. The normalized spacial score (nSPS) is 12.3. The second kappa shape index (κ2) is 11.3. The predicted octanol–water partition coefficient (Wildman–Crippen LogP) is 5.84. The molecule has 0 aliphatic carbocycles. The molecule has 0 N–H and O–H groups in total. The van der Waals surface area contributed by atoms with Crippen molar-refractivity contribution in [2.75, 3.05) is 0 Å². The van der Waals surface area contributed by atoms with E-state index in [1.54, 1.807) is 48.6 Å². The average Bonchev–Trinajstić information content (AvgIpc) is 2.96. The number of aryl methyl sites for hydroxylation is 1. The Balaban J connectivity index is 1.59. The maximum absolute atomic E-state index is 13.8. The highest BCUT2D eigenvalue weighted by molar-refractivity contribution is 5.79. The Kier molecular flexibility index (Phi) is 7.65. The summed E-state index contributed by atoms with van der Waals surface area (Å²) in [5.41, 5.74) is 1.89. The van der Waals surface area contributed by atoms with Crippen LogP contribution >= 0.6 is 0 Å². The van der Waals surface area contributed by atoms with Gasteiger partial charge in [-0.1, -0.05) is 35.9 Å². The first-order chi connectivity index (χ1) is 19.6. The fourth-order valence-corrected chi connectivity index (χ4v) is 4.62. The van der Waals surface area contributed by atoms with Gasteiger partial charge in [-0.2, -0.15) is 13.2 Å². The van der Waals surface area contributed by atoms with E-state index in [9.17, 15) is 22.8 Å². The Hall–Kier alpha value is -4.86. The van der Waals surface area contributed by atoms with Gasteiger partial charge in [0.2, 0.25) is 5.91 Å². The number of hydrogen-bond donors (Lipinski definition) is 0. The Bertz CT molecular complexity index is 1740. The van der Waals surface area contributed by atoms with Gasteiger partial charge in [0, 0.05) is 25.1 Å². The molecule has 3 heterocycles. The van der Waals surface area contributed by atoms with Crippen molar-refractivity contribution in [3.63, 3.8) is 0 Å². The van der Waals surface area contributed by atoms with E-state index in [0.29, 0.717) is 22.5 Å². The molecule has 0 saturated heterocycles. The molecule has 7 nitrogen and oxygen atoms in total. The highest BCUT2D eigenvalue weighted by atomic mass is 19.4. The smallest absolute Gasteiger partial charge is 0.328 e. The molecule has 0 spiro atoms. The average molecular weight is 558 g/mol. The topological polar surface area (TPSA) is 81.0 Å². The molecule has 2 aromatic carbocycles. The molecule has 5 rings (SSSR count). The fourth-order valence-electron chi connectivity index (χ4n) is 4.62.